The van der Waals surface area contributed by atoms with Gasteiger partial charge in [0.1, 0.15) is 17.2 Å². The van der Waals surface area contributed by atoms with Gasteiger partial charge >= 0.3 is 0 Å². The van der Waals surface area contributed by atoms with Crippen molar-refractivity contribution in [1.82, 2.24) is 9.91 Å². The van der Waals surface area contributed by atoms with Crippen LogP contribution < -0.4 is 14.2 Å². The Morgan fingerprint density at radius 3 is 2.07 bits per heavy atom. The third kappa shape index (κ3) is 5.09. The third-order valence-corrected chi connectivity index (χ3v) is 5.02. The highest BCUT2D eigenvalue weighted by atomic mass is 35.5. The lowest BCUT2D eigenvalue weighted by Gasteiger charge is -2.33. The Labute approximate surface area is 171 Å². The monoisotopic (exact) mass is 403 g/mol. The van der Waals surface area contributed by atoms with Crippen LogP contribution in [-0.4, -0.2) is 63.6 Å². The van der Waals surface area contributed by atoms with E-state index in [1.54, 1.807) is 27.5 Å². The number of benzene rings is 2. The van der Waals surface area contributed by atoms with Crippen LogP contribution >= 0.6 is 11.6 Å². The molecule has 1 heterocycles. The predicted molar refractivity (Wildman–Crippen MR) is 112 cm³/mol. The van der Waals surface area contributed by atoms with Crippen molar-refractivity contribution in [3.8, 4) is 17.2 Å². The number of ether oxygens (including phenoxy) is 3. The lowest BCUT2D eigenvalue weighted by Crippen LogP contribution is -2.43. The molecule has 1 saturated heterocycles. The zero-order chi connectivity index (χ0) is 19.9. The van der Waals surface area contributed by atoms with Crippen LogP contribution in [0.15, 0.2) is 41.5 Å². The van der Waals surface area contributed by atoms with Gasteiger partial charge in [-0.1, -0.05) is 23.7 Å². The van der Waals surface area contributed by atoms with E-state index in [9.17, 15) is 0 Å². The highest BCUT2D eigenvalue weighted by molar-refractivity contribution is 6.30. The standard InChI is InChI=1S/C21H26ClN3O3/c1-26-18-12-20(27-2)19(21(13-18)28-3)14-23-25-10-8-24(9-11-25)15-16-4-6-17(22)7-5-16/h4-7,12-14H,8-11,15H2,1-3H3/b23-14+. The molecule has 0 N–H and O–H groups in total. The Hall–Kier alpha value is -2.44. The van der Waals surface area contributed by atoms with Gasteiger partial charge in [-0.05, 0) is 17.7 Å². The zero-order valence-corrected chi connectivity index (χ0v) is 17.3. The number of hydrogen-bond donors (Lipinski definition) is 0. The highest BCUT2D eigenvalue weighted by Crippen LogP contribution is 2.32. The summed E-state index contributed by atoms with van der Waals surface area (Å²) in [6.07, 6.45) is 1.80. The third-order valence-electron chi connectivity index (χ3n) is 4.77. The number of piperazine rings is 1. The van der Waals surface area contributed by atoms with Gasteiger partial charge in [-0.15, -0.1) is 0 Å². The number of hydrogen-bond acceptors (Lipinski definition) is 6. The fourth-order valence-electron chi connectivity index (χ4n) is 3.16. The first-order chi connectivity index (χ1) is 13.6. The van der Waals surface area contributed by atoms with Gasteiger partial charge in [-0.3, -0.25) is 9.91 Å². The van der Waals surface area contributed by atoms with Crippen molar-refractivity contribution < 1.29 is 14.2 Å². The molecule has 0 spiro atoms. The molecular formula is C21H26ClN3O3. The molecule has 7 heteroatoms. The van der Waals surface area contributed by atoms with Crippen LogP contribution in [-0.2, 0) is 6.54 Å². The molecular weight excluding hydrogens is 378 g/mol. The van der Waals surface area contributed by atoms with E-state index in [4.69, 9.17) is 25.8 Å². The maximum atomic E-state index is 5.96. The normalized spacial score (nSPS) is 15.1. The number of methoxy groups -OCH3 is 3. The Balaban J connectivity index is 1.61. The maximum absolute atomic E-state index is 5.96. The van der Waals surface area contributed by atoms with Crippen molar-refractivity contribution in [2.24, 2.45) is 5.10 Å². The lowest BCUT2D eigenvalue weighted by atomic mass is 10.2. The van der Waals surface area contributed by atoms with Crippen LogP contribution in [0.3, 0.4) is 0 Å². The van der Waals surface area contributed by atoms with Crippen LogP contribution in [0.4, 0.5) is 0 Å². The minimum atomic E-state index is 0.668. The molecule has 2 aromatic rings. The van der Waals surface area contributed by atoms with Gasteiger partial charge in [-0.25, -0.2) is 0 Å². The van der Waals surface area contributed by atoms with Crippen molar-refractivity contribution in [3.05, 3.63) is 52.5 Å². The van der Waals surface area contributed by atoms with Crippen molar-refractivity contribution in [2.45, 2.75) is 6.54 Å². The first-order valence-corrected chi connectivity index (χ1v) is 9.56. The van der Waals surface area contributed by atoms with E-state index in [-0.39, 0.29) is 0 Å². The summed E-state index contributed by atoms with van der Waals surface area (Å²) >= 11 is 5.96. The van der Waals surface area contributed by atoms with Crippen LogP contribution in [0.5, 0.6) is 17.2 Å². The van der Waals surface area contributed by atoms with Crippen LogP contribution in [0, 0.1) is 0 Å². The lowest BCUT2D eigenvalue weighted by molar-refractivity contribution is 0.131. The van der Waals surface area contributed by atoms with Crippen LogP contribution in [0.1, 0.15) is 11.1 Å². The number of hydrazone groups is 1. The fourth-order valence-corrected chi connectivity index (χ4v) is 3.28. The molecule has 0 aromatic heterocycles. The van der Waals surface area contributed by atoms with Gasteiger partial charge < -0.3 is 14.2 Å². The van der Waals surface area contributed by atoms with E-state index in [0.717, 1.165) is 43.3 Å². The van der Waals surface area contributed by atoms with E-state index in [0.29, 0.717) is 17.2 Å². The molecule has 0 aliphatic carbocycles. The summed E-state index contributed by atoms with van der Waals surface area (Å²) in [4.78, 5) is 2.42. The molecule has 1 fully saturated rings. The molecule has 0 saturated carbocycles. The topological polar surface area (TPSA) is 46.5 Å². The Bertz CT molecular complexity index is 778. The average molecular weight is 404 g/mol. The van der Waals surface area contributed by atoms with E-state index < -0.39 is 0 Å². The largest absolute Gasteiger partial charge is 0.496 e. The first kappa shape index (κ1) is 20.3. The first-order valence-electron chi connectivity index (χ1n) is 9.18. The Morgan fingerprint density at radius 1 is 0.929 bits per heavy atom. The molecule has 28 heavy (non-hydrogen) atoms. The van der Waals surface area contributed by atoms with E-state index in [1.165, 1.54) is 5.56 Å². The average Bonchev–Trinajstić information content (AvgIpc) is 2.74. The quantitative estimate of drug-likeness (QED) is 0.662. The van der Waals surface area contributed by atoms with Crippen LogP contribution in [0.25, 0.3) is 0 Å². The summed E-state index contributed by atoms with van der Waals surface area (Å²) in [7, 11) is 4.87. The molecule has 0 unspecified atom stereocenters. The highest BCUT2D eigenvalue weighted by Gasteiger charge is 2.16. The molecule has 0 amide bonds. The maximum Gasteiger partial charge on any atom is 0.135 e. The van der Waals surface area contributed by atoms with Crippen molar-refractivity contribution in [1.29, 1.82) is 0 Å². The summed E-state index contributed by atoms with van der Waals surface area (Å²) in [5.41, 5.74) is 2.07. The molecule has 1 aliphatic rings. The second kappa shape index (κ2) is 9.66. The second-order valence-electron chi connectivity index (χ2n) is 6.55. The molecule has 0 radical (unpaired) electrons. The molecule has 0 atom stereocenters. The van der Waals surface area contributed by atoms with E-state index in [2.05, 4.69) is 27.1 Å². The van der Waals surface area contributed by atoms with Gasteiger partial charge in [0.2, 0.25) is 0 Å². The zero-order valence-electron chi connectivity index (χ0n) is 16.5. The second-order valence-corrected chi connectivity index (χ2v) is 6.98. The molecule has 3 rings (SSSR count). The SMILES string of the molecule is COc1cc(OC)c(/C=N/N2CCN(Cc3ccc(Cl)cc3)CC2)c(OC)c1. The van der Waals surface area contributed by atoms with Gasteiger partial charge in [0.25, 0.3) is 0 Å². The van der Waals surface area contributed by atoms with Gasteiger partial charge in [-0.2, -0.15) is 5.10 Å². The van der Waals surface area contributed by atoms with E-state index in [1.807, 2.05) is 24.3 Å². The van der Waals surface area contributed by atoms with Gasteiger partial charge in [0.05, 0.1) is 33.1 Å². The smallest absolute Gasteiger partial charge is 0.135 e. The van der Waals surface area contributed by atoms with Crippen molar-refractivity contribution in [2.75, 3.05) is 47.5 Å². The van der Waals surface area contributed by atoms with Crippen LogP contribution in [0.2, 0.25) is 5.02 Å². The molecule has 2 aromatic carbocycles. The Kier molecular flexibility index (Phi) is 7.01. The van der Waals surface area contributed by atoms with Crippen molar-refractivity contribution >= 4 is 17.8 Å². The number of halogens is 1. The van der Waals surface area contributed by atoms with E-state index >= 15 is 0 Å². The summed E-state index contributed by atoms with van der Waals surface area (Å²) in [5, 5.41) is 7.48. The van der Waals surface area contributed by atoms with Gasteiger partial charge in [0, 0.05) is 49.9 Å². The Morgan fingerprint density at radius 2 is 1.54 bits per heavy atom. The summed E-state index contributed by atoms with van der Waals surface area (Å²) in [6.45, 7) is 4.57. The number of nitrogens with zero attached hydrogens (tertiary/aromatic N) is 3. The minimum Gasteiger partial charge on any atom is -0.496 e. The predicted octanol–water partition coefficient (Wildman–Crippen LogP) is 3.52. The summed E-state index contributed by atoms with van der Waals surface area (Å²) in [6, 6.07) is 11.7. The minimum absolute atomic E-state index is 0.668. The molecule has 1 aliphatic heterocycles. The summed E-state index contributed by atoms with van der Waals surface area (Å²) < 4.78 is 16.2. The molecule has 0 bridgehead atoms. The fraction of sp³-hybridized carbons (Fsp3) is 0.381. The van der Waals surface area contributed by atoms with Gasteiger partial charge in [0.15, 0.2) is 0 Å². The molecule has 6 nitrogen and oxygen atoms in total. The number of rotatable bonds is 7. The van der Waals surface area contributed by atoms with Crippen molar-refractivity contribution in [3.63, 3.8) is 0 Å². The molecule has 150 valence electrons. The summed E-state index contributed by atoms with van der Waals surface area (Å²) in [5.74, 6) is 2.02.